The molecule has 1 N–H and O–H groups in total. The van der Waals surface area contributed by atoms with Crippen molar-refractivity contribution in [3.63, 3.8) is 0 Å². The number of hydrogen-bond acceptors (Lipinski definition) is 3. The first-order chi connectivity index (χ1) is 8.66. The zero-order valence-corrected chi connectivity index (χ0v) is 10.1. The van der Waals surface area contributed by atoms with Crippen LogP contribution in [0.15, 0.2) is 24.3 Å². The maximum Gasteiger partial charge on any atom is 0.329 e. The van der Waals surface area contributed by atoms with E-state index in [0.29, 0.717) is 11.4 Å². The summed E-state index contributed by atoms with van der Waals surface area (Å²) in [5, 5.41) is 2.80. The summed E-state index contributed by atoms with van der Waals surface area (Å²) in [5.41, 5.74) is -0.0826. The smallest absolute Gasteiger partial charge is 0.329 e. The summed E-state index contributed by atoms with van der Waals surface area (Å²) in [6, 6.07) is 6.63. The molecule has 1 aromatic carbocycles. The van der Waals surface area contributed by atoms with Crippen molar-refractivity contribution in [1.29, 1.82) is 0 Å². The van der Waals surface area contributed by atoms with Crippen LogP contribution in [0.25, 0.3) is 0 Å². The number of nitrogens with one attached hydrogen (secondary N) is 1. The second-order valence-corrected chi connectivity index (χ2v) is 4.71. The van der Waals surface area contributed by atoms with Crippen molar-refractivity contribution in [3.05, 3.63) is 24.3 Å². The Balaban J connectivity index is 1.96. The van der Waals surface area contributed by atoms with Gasteiger partial charge < -0.3 is 10.1 Å². The number of carbonyl (C=O) groups excluding carboxylic acids is 2. The summed E-state index contributed by atoms with van der Waals surface area (Å²) in [4.78, 5) is 25.5. The summed E-state index contributed by atoms with van der Waals surface area (Å²) in [6.45, 7) is 0. The van der Waals surface area contributed by atoms with Crippen LogP contribution in [0.1, 0.15) is 19.3 Å². The molecular formula is C13H14N2O3. The first kappa shape index (κ1) is 11.1. The van der Waals surface area contributed by atoms with Crippen LogP contribution in [0.2, 0.25) is 0 Å². The average Bonchev–Trinajstić information content (AvgIpc) is 2.61. The van der Waals surface area contributed by atoms with Crippen LogP contribution in [0.3, 0.4) is 0 Å². The molecule has 2 fully saturated rings. The number of anilines is 1. The van der Waals surface area contributed by atoms with E-state index in [-0.39, 0.29) is 11.9 Å². The zero-order valence-electron chi connectivity index (χ0n) is 10.1. The largest absolute Gasteiger partial charge is 0.497 e. The minimum atomic E-state index is -0.639. The molecular weight excluding hydrogens is 232 g/mol. The highest BCUT2D eigenvalue weighted by molar-refractivity contribution is 6.23. The van der Waals surface area contributed by atoms with Crippen LogP contribution in [-0.4, -0.2) is 24.6 Å². The third-order valence-corrected chi connectivity index (χ3v) is 3.68. The Labute approximate surface area is 105 Å². The first-order valence-corrected chi connectivity index (χ1v) is 5.97. The van der Waals surface area contributed by atoms with Crippen LogP contribution in [-0.2, 0) is 4.79 Å². The number of ether oxygens (including phenoxy) is 1. The minimum absolute atomic E-state index is 0.146. The zero-order chi connectivity index (χ0) is 12.8. The predicted molar refractivity (Wildman–Crippen MR) is 65.6 cm³/mol. The Morgan fingerprint density at radius 2 is 2.11 bits per heavy atom. The highest BCUT2D eigenvalue weighted by atomic mass is 16.5. The highest BCUT2D eigenvalue weighted by Crippen LogP contribution is 2.39. The SMILES string of the molecule is COc1cccc(N2C(=O)NC3(CCC3)C2=O)c1. The Bertz CT molecular complexity index is 523. The predicted octanol–water partition coefficient (Wildman–Crippen LogP) is 1.67. The Hall–Kier alpha value is -2.04. The summed E-state index contributed by atoms with van der Waals surface area (Å²) in [7, 11) is 1.55. The van der Waals surface area contributed by atoms with Gasteiger partial charge in [0, 0.05) is 6.07 Å². The molecule has 0 radical (unpaired) electrons. The molecule has 3 amide bonds. The van der Waals surface area contributed by atoms with Crippen molar-refractivity contribution in [2.75, 3.05) is 12.0 Å². The van der Waals surface area contributed by atoms with Crippen molar-refractivity contribution in [3.8, 4) is 5.75 Å². The van der Waals surface area contributed by atoms with Gasteiger partial charge in [-0.05, 0) is 31.4 Å². The number of methoxy groups -OCH3 is 1. The Morgan fingerprint density at radius 1 is 1.33 bits per heavy atom. The van der Waals surface area contributed by atoms with E-state index >= 15 is 0 Å². The number of rotatable bonds is 2. The molecule has 5 nitrogen and oxygen atoms in total. The molecule has 0 bridgehead atoms. The number of imide groups is 1. The molecule has 3 rings (SSSR count). The van der Waals surface area contributed by atoms with Crippen molar-refractivity contribution in [1.82, 2.24) is 5.32 Å². The lowest BCUT2D eigenvalue weighted by Crippen LogP contribution is -2.52. The fourth-order valence-electron chi connectivity index (χ4n) is 2.47. The minimum Gasteiger partial charge on any atom is -0.497 e. The number of urea groups is 1. The van der Waals surface area contributed by atoms with E-state index in [9.17, 15) is 9.59 Å². The number of nitrogens with zero attached hydrogens (tertiary/aromatic N) is 1. The number of benzene rings is 1. The lowest BCUT2D eigenvalue weighted by atomic mass is 9.77. The molecule has 0 unspecified atom stereocenters. The number of hydrogen-bond donors (Lipinski definition) is 1. The van der Waals surface area contributed by atoms with Crippen LogP contribution in [0.5, 0.6) is 5.75 Å². The van der Waals surface area contributed by atoms with Gasteiger partial charge in [-0.1, -0.05) is 6.07 Å². The topological polar surface area (TPSA) is 58.6 Å². The molecule has 2 aliphatic rings. The molecule has 18 heavy (non-hydrogen) atoms. The Morgan fingerprint density at radius 3 is 2.67 bits per heavy atom. The second-order valence-electron chi connectivity index (χ2n) is 4.71. The molecule has 0 atom stereocenters. The lowest BCUT2D eigenvalue weighted by Gasteiger charge is -2.34. The Kier molecular flexibility index (Phi) is 2.29. The van der Waals surface area contributed by atoms with Crippen LogP contribution in [0.4, 0.5) is 10.5 Å². The molecule has 0 aromatic heterocycles. The molecule has 1 aromatic rings. The van der Waals surface area contributed by atoms with Crippen molar-refractivity contribution < 1.29 is 14.3 Å². The third-order valence-electron chi connectivity index (χ3n) is 3.68. The number of amides is 3. The normalized spacial score (nSPS) is 20.8. The summed E-state index contributed by atoms with van der Waals surface area (Å²) < 4.78 is 5.11. The van der Waals surface area contributed by atoms with Crippen LogP contribution < -0.4 is 15.0 Å². The quantitative estimate of drug-likeness (QED) is 0.807. The lowest BCUT2D eigenvalue weighted by molar-refractivity contribution is -0.124. The van der Waals surface area contributed by atoms with Gasteiger partial charge in [-0.15, -0.1) is 0 Å². The van der Waals surface area contributed by atoms with E-state index < -0.39 is 5.54 Å². The van der Waals surface area contributed by atoms with Gasteiger partial charge >= 0.3 is 6.03 Å². The van der Waals surface area contributed by atoms with Gasteiger partial charge in [0.25, 0.3) is 5.91 Å². The van der Waals surface area contributed by atoms with E-state index in [0.717, 1.165) is 19.3 Å². The van der Waals surface area contributed by atoms with E-state index in [1.165, 1.54) is 4.90 Å². The fourth-order valence-corrected chi connectivity index (χ4v) is 2.47. The average molecular weight is 246 g/mol. The molecule has 1 heterocycles. The summed E-state index contributed by atoms with van der Waals surface area (Å²) >= 11 is 0. The monoisotopic (exact) mass is 246 g/mol. The van der Waals surface area contributed by atoms with Gasteiger partial charge in [0.05, 0.1) is 12.8 Å². The van der Waals surface area contributed by atoms with E-state index in [1.54, 1.807) is 31.4 Å². The van der Waals surface area contributed by atoms with Gasteiger partial charge in [-0.2, -0.15) is 0 Å². The summed E-state index contributed by atoms with van der Waals surface area (Å²) in [5.74, 6) is 0.481. The summed E-state index contributed by atoms with van der Waals surface area (Å²) in [6.07, 6.45) is 2.45. The maximum absolute atomic E-state index is 12.3. The van der Waals surface area contributed by atoms with Crippen LogP contribution >= 0.6 is 0 Å². The standard InChI is InChI=1S/C13H14N2O3/c1-18-10-5-2-4-9(8-10)15-11(16)13(6-3-7-13)14-12(15)17/h2,4-5,8H,3,6-7H2,1H3,(H,14,17). The molecule has 1 aliphatic carbocycles. The van der Waals surface area contributed by atoms with Gasteiger partial charge in [-0.3, -0.25) is 4.79 Å². The van der Waals surface area contributed by atoms with Crippen molar-refractivity contribution >= 4 is 17.6 Å². The highest BCUT2D eigenvalue weighted by Gasteiger charge is 2.55. The van der Waals surface area contributed by atoms with Crippen molar-refractivity contribution in [2.24, 2.45) is 0 Å². The molecule has 1 saturated heterocycles. The third kappa shape index (κ3) is 1.40. The van der Waals surface area contributed by atoms with Crippen LogP contribution in [0, 0.1) is 0 Å². The molecule has 5 heteroatoms. The first-order valence-electron chi connectivity index (χ1n) is 5.97. The maximum atomic E-state index is 12.3. The second kappa shape index (κ2) is 3.73. The van der Waals surface area contributed by atoms with Gasteiger partial charge in [0.2, 0.25) is 0 Å². The van der Waals surface area contributed by atoms with E-state index in [4.69, 9.17) is 4.74 Å². The molecule has 94 valence electrons. The van der Waals surface area contributed by atoms with E-state index in [1.807, 2.05) is 0 Å². The van der Waals surface area contributed by atoms with Gasteiger partial charge in [0.1, 0.15) is 11.3 Å². The molecule has 1 aliphatic heterocycles. The van der Waals surface area contributed by atoms with Gasteiger partial charge in [0.15, 0.2) is 0 Å². The van der Waals surface area contributed by atoms with E-state index in [2.05, 4.69) is 5.32 Å². The molecule has 1 spiro atoms. The van der Waals surface area contributed by atoms with Gasteiger partial charge in [-0.25, -0.2) is 9.69 Å². The fraction of sp³-hybridized carbons (Fsp3) is 0.385. The molecule has 1 saturated carbocycles. The van der Waals surface area contributed by atoms with Crippen molar-refractivity contribution in [2.45, 2.75) is 24.8 Å². The number of carbonyl (C=O) groups is 2.